The van der Waals surface area contributed by atoms with Crippen LogP contribution in [0, 0.1) is 11.8 Å². The third-order valence-corrected chi connectivity index (χ3v) is 4.68. The van der Waals surface area contributed by atoms with E-state index in [0.717, 1.165) is 42.8 Å². The average Bonchev–Trinajstić information content (AvgIpc) is 3.19. The second kappa shape index (κ2) is 7.24. The molecule has 0 spiro atoms. The first kappa shape index (κ1) is 16.8. The molecule has 0 fully saturated rings. The van der Waals surface area contributed by atoms with Crippen LogP contribution < -0.4 is 0 Å². The lowest BCUT2D eigenvalue weighted by Gasteiger charge is -2.23. The summed E-state index contributed by atoms with van der Waals surface area (Å²) >= 11 is 0. The van der Waals surface area contributed by atoms with Crippen LogP contribution in [0.5, 0.6) is 0 Å². The number of carbonyl (C=O) groups is 1. The molecule has 1 aliphatic rings. The van der Waals surface area contributed by atoms with Gasteiger partial charge in [0.15, 0.2) is 5.69 Å². The summed E-state index contributed by atoms with van der Waals surface area (Å²) in [6, 6.07) is 3.75. The van der Waals surface area contributed by atoms with E-state index >= 15 is 0 Å². The molecule has 2 aromatic heterocycles. The van der Waals surface area contributed by atoms with E-state index in [1.54, 1.807) is 6.26 Å². The zero-order valence-corrected chi connectivity index (χ0v) is 14.7. The molecule has 0 saturated heterocycles. The number of aryl methyl sites for hydroxylation is 1. The molecule has 0 N–H and O–H groups in total. The number of aromatic nitrogens is 1. The van der Waals surface area contributed by atoms with Crippen molar-refractivity contribution in [3.8, 4) is 0 Å². The van der Waals surface area contributed by atoms with E-state index in [-0.39, 0.29) is 5.91 Å². The highest BCUT2D eigenvalue weighted by Gasteiger charge is 2.29. The Hall–Kier alpha value is -2.04. The maximum atomic E-state index is 13.1. The van der Waals surface area contributed by atoms with Crippen molar-refractivity contribution < 1.29 is 13.7 Å². The summed E-state index contributed by atoms with van der Waals surface area (Å²) < 4.78 is 10.9. The fourth-order valence-electron chi connectivity index (χ4n) is 3.15. The van der Waals surface area contributed by atoms with Gasteiger partial charge in [-0.2, -0.15) is 0 Å². The summed E-state index contributed by atoms with van der Waals surface area (Å²) in [7, 11) is 0. The maximum Gasteiger partial charge on any atom is 0.276 e. The molecule has 1 unspecified atom stereocenters. The summed E-state index contributed by atoms with van der Waals surface area (Å²) in [5.74, 6) is 2.73. The second-order valence-corrected chi connectivity index (χ2v) is 7.27. The van der Waals surface area contributed by atoms with Gasteiger partial charge < -0.3 is 13.8 Å². The average molecular weight is 330 g/mol. The van der Waals surface area contributed by atoms with E-state index in [1.165, 1.54) is 0 Å². The number of hydrogen-bond donors (Lipinski definition) is 0. The number of nitrogens with zero attached hydrogens (tertiary/aromatic N) is 2. The van der Waals surface area contributed by atoms with Gasteiger partial charge in [-0.15, -0.1) is 0 Å². The molecule has 130 valence electrons. The molecule has 0 radical (unpaired) electrons. The largest absolute Gasteiger partial charge is 0.467 e. The molecule has 0 bridgehead atoms. The van der Waals surface area contributed by atoms with Crippen molar-refractivity contribution in [2.75, 3.05) is 6.54 Å². The number of carbonyl (C=O) groups excluding carboxylic acids is 1. The standard InChI is InChI=1S/C19H26N2O3/c1-13(2)8-9-21(12-15-5-4-10-23-15)19(22)18-16-11-14(3)6-7-17(16)24-20-18/h4-5,10,13-14H,6-9,11-12H2,1-3H3. The lowest BCUT2D eigenvalue weighted by atomic mass is 9.88. The number of amides is 1. The Labute approximate surface area is 143 Å². The Balaban J connectivity index is 1.81. The van der Waals surface area contributed by atoms with Crippen LogP contribution in [-0.4, -0.2) is 22.5 Å². The maximum absolute atomic E-state index is 13.1. The third-order valence-electron chi connectivity index (χ3n) is 4.68. The molecule has 5 heteroatoms. The molecule has 1 atom stereocenters. The van der Waals surface area contributed by atoms with Crippen LogP contribution in [-0.2, 0) is 19.4 Å². The van der Waals surface area contributed by atoms with Gasteiger partial charge in [0, 0.05) is 18.5 Å². The number of hydrogen-bond acceptors (Lipinski definition) is 4. The first-order valence-electron chi connectivity index (χ1n) is 8.83. The Morgan fingerprint density at radius 3 is 3.00 bits per heavy atom. The molecule has 2 heterocycles. The van der Waals surface area contributed by atoms with Crippen molar-refractivity contribution in [2.45, 2.75) is 53.0 Å². The predicted octanol–water partition coefficient (Wildman–Crippen LogP) is 4.08. The Morgan fingerprint density at radius 2 is 2.29 bits per heavy atom. The van der Waals surface area contributed by atoms with Crippen LogP contribution in [0.2, 0.25) is 0 Å². The fraction of sp³-hybridized carbons (Fsp3) is 0.579. The van der Waals surface area contributed by atoms with Gasteiger partial charge in [0.2, 0.25) is 0 Å². The first-order chi connectivity index (χ1) is 11.5. The number of fused-ring (bicyclic) bond motifs is 1. The Kier molecular flexibility index (Phi) is 5.07. The van der Waals surface area contributed by atoms with E-state index in [2.05, 4.69) is 25.9 Å². The zero-order chi connectivity index (χ0) is 17.1. The van der Waals surface area contributed by atoms with Crippen LogP contribution in [0.25, 0.3) is 0 Å². The fourth-order valence-corrected chi connectivity index (χ4v) is 3.15. The van der Waals surface area contributed by atoms with Crippen LogP contribution in [0.3, 0.4) is 0 Å². The lowest BCUT2D eigenvalue weighted by Crippen LogP contribution is -2.33. The molecule has 0 aromatic carbocycles. The van der Waals surface area contributed by atoms with Gasteiger partial charge in [-0.25, -0.2) is 0 Å². The molecule has 24 heavy (non-hydrogen) atoms. The minimum absolute atomic E-state index is 0.0499. The van der Waals surface area contributed by atoms with Gasteiger partial charge in [-0.05, 0) is 43.2 Å². The van der Waals surface area contributed by atoms with Crippen LogP contribution in [0.1, 0.15) is 61.2 Å². The topological polar surface area (TPSA) is 59.5 Å². The van der Waals surface area contributed by atoms with Gasteiger partial charge in [0.25, 0.3) is 5.91 Å². The minimum atomic E-state index is -0.0499. The van der Waals surface area contributed by atoms with Crippen LogP contribution in [0.15, 0.2) is 27.3 Å². The molecular weight excluding hydrogens is 304 g/mol. The van der Waals surface area contributed by atoms with Crippen molar-refractivity contribution >= 4 is 5.91 Å². The SMILES string of the molecule is CC(C)CCN(Cc1ccco1)C(=O)c1noc2c1CC(C)CC2. The van der Waals surface area contributed by atoms with E-state index in [9.17, 15) is 4.79 Å². The summed E-state index contributed by atoms with van der Waals surface area (Å²) in [5.41, 5.74) is 1.50. The second-order valence-electron chi connectivity index (χ2n) is 7.27. The molecule has 5 nitrogen and oxygen atoms in total. The highest BCUT2D eigenvalue weighted by atomic mass is 16.5. The smallest absolute Gasteiger partial charge is 0.276 e. The van der Waals surface area contributed by atoms with E-state index < -0.39 is 0 Å². The normalized spacial score (nSPS) is 17.1. The molecule has 2 aromatic rings. The molecule has 0 saturated carbocycles. The first-order valence-corrected chi connectivity index (χ1v) is 8.83. The van der Waals surface area contributed by atoms with E-state index in [0.29, 0.717) is 30.6 Å². The number of furan rings is 1. The number of rotatable bonds is 6. The van der Waals surface area contributed by atoms with Gasteiger partial charge in [-0.3, -0.25) is 4.79 Å². The van der Waals surface area contributed by atoms with E-state index in [4.69, 9.17) is 8.94 Å². The third kappa shape index (κ3) is 3.71. The van der Waals surface area contributed by atoms with Crippen molar-refractivity contribution in [3.63, 3.8) is 0 Å². The highest BCUT2D eigenvalue weighted by Crippen LogP contribution is 2.29. The molecular formula is C19H26N2O3. The minimum Gasteiger partial charge on any atom is -0.467 e. The van der Waals surface area contributed by atoms with E-state index in [1.807, 2.05) is 17.0 Å². The van der Waals surface area contributed by atoms with Crippen molar-refractivity contribution in [2.24, 2.45) is 11.8 Å². The zero-order valence-electron chi connectivity index (χ0n) is 14.7. The van der Waals surface area contributed by atoms with Crippen LogP contribution in [0.4, 0.5) is 0 Å². The highest BCUT2D eigenvalue weighted by molar-refractivity contribution is 5.93. The lowest BCUT2D eigenvalue weighted by molar-refractivity contribution is 0.0712. The Morgan fingerprint density at radius 1 is 1.46 bits per heavy atom. The summed E-state index contributed by atoms with van der Waals surface area (Å²) in [6.45, 7) is 7.69. The van der Waals surface area contributed by atoms with Crippen molar-refractivity contribution in [1.29, 1.82) is 0 Å². The summed E-state index contributed by atoms with van der Waals surface area (Å²) in [6.07, 6.45) is 5.43. The molecule has 1 aliphatic carbocycles. The predicted molar refractivity (Wildman–Crippen MR) is 90.6 cm³/mol. The molecule has 1 amide bonds. The van der Waals surface area contributed by atoms with Gasteiger partial charge in [0.1, 0.15) is 11.5 Å². The Bertz CT molecular complexity index is 673. The summed E-state index contributed by atoms with van der Waals surface area (Å²) in [5, 5.41) is 4.11. The monoisotopic (exact) mass is 330 g/mol. The van der Waals surface area contributed by atoms with Gasteiger partial charge in [0.05, 0.1) is 12.8 Å². The van der Waals surface area contributed by atoms with Crippen molar-refractivity contribution in [3.05, 3.63) is 41.2 Å². The van der Waals surface area contributed by atoms with Crippen LogP contribution >= 0.6 is 0 Å². The molecule has 3 rings (SSSR count). The van der Waals surface area contributed by atoms with Crippen molar-refractivity contribution in [1.82, 2.24) is 10.1 Å². The quantitative estimate of drug-likeness (QED) is 0.800. The van der Waals surface area contributed by atoms with Gasteiger partial charge in [-0.1, -0.05) is 25.9 Å². The molecule has 0 aliphatic heterocycles. The van der Waals surface area contributed by atoms with Gasteiger partial charge >= 0.3 is 0 Å². The summed E-state index contributed by atoms with van der Waals surface area (Å²) in [4.78, 5) is 14.9.